The average Bonchev–Trinajstić information content (AvgIpc) is 3.13. The van der Waals surface area contributed by atoms with Crippen molar-refractivity contribution in [1.82, 2.24) is 5.32 Å². The molecule has 1 aromatic heterocycles. The molecule has 2 amide bonds. The summed E-state index contributed by atoms with van der Waals surface area (Å²) in [5.74, 6) is 0.643. The van der Waals surface area contributed by atoms with Crippen molar-refractivity contribution in [3.8, 4) is 0 Å². The number of hydrogen-bond donors (Lipinski definition) is 1. The first-order chi connectivity index (χ1) is 10.7. The highest BCUT2D eigenvalue weighted by Gasteiger charge is 2.27. The Kier molecular flexibility index (Phi) is 3.96. The first kappa shape index (κ1) is 14.4. The molecule has 0 fully saturated rings. The summed E-state index contributed by atoms with van der Waals surface area (Å²) in [6.07, 6.45) is 2.86. The molecule has 0 radical (unpaired) electrons. The zero-order chi connectivity index (χ0) is 15.5. The number of carbonyl (C=O) groups excluding carboxylic acids is 2. The van der Waals surface area contributed by atoms with Crippen molar-refractivity contribution < 1.29 is 14.0 Å². The third kappa shape index (κ3) is 2.74. The number of nitrogens with one attached hydrogen (secondary N) is 1. The number of furan rings is 1. The molecule has 0 bridgehead atoms. The topological polar surface area (TPSA) is 62.6 Å². The second-order valence-corrected chi connectivity index (χ2v) is 5.33. The van der Waals surface area contributed by atoms with E-state index >= 15 is 0 Å². The van der Waals surface area contributed by atoms with Crippen molar-refractivity contribution in [3.05, 3.63) is 53.5 Å². The maximum absolute atomic E-state index is 12.2. The number of fused-ring (bicyclic) bond motifs is 1. The van der Waals surface area contributed by atoms with Gasteiger partial charge in [0.25, 0.3) is 5.91 Å². The summed E-state index contributed by atoms with van der Waals surface area (Å²) in [5, 5.41) is 2.81. The predicted molar refractivity (Wildman–Crippen MR) is 82.7 cm³/mol. The van der Waals surface area contributed by atoms with Gasteiger partial charge in [0.05, 0.1) is 19.2 Å². The first-order valence-corrected chi connectivity index (χ1v) is 7.43. The van der Waals surface area contributed by atoms with E-state index in [0.717, 1.165) is 24.2 Å². The predicted octanol–water partition coefficient (Wildman–Crippen LogP) is 2.51. The molecule has 0 aliphatic carbocycles. The second-order valence-electron chi connectivity index (χ2n) is 5.33. The Morgan fingerprint density at radius 1 is 1.36 bits per heavy atom. The third-order valence-corrected chi connectivity index (χ3v) is 3.73. The summed E-state index contributed by atoms with van der Waals surface area (Å²) >= 11 is 0. The minimum atomic E-state index is -0.166. The molecule has 1 N–H and O–H groups in total. The van der Waals surface area contributed by atoms with Crippen LogP contribution < -0.4 is 10.2 Å². The van der Waals surface area contributed by atoms with Crippen LogP contribution >= 0.6 is 0 Å². The molecule has 0 saturated carbocycles. The highest BCUT2D eigenvalue weighted by atomic mass is 16.3. The Balaban J connectivity index is 1.72. The Bertz CT molecular complexity index is 692. The molecule has 5 heteroatoms. The fraction of sp³-hybridized carbons (Fsp3) is 0.294. The molecule has 2 heterocycles. The van der Waals surface area contributed by atoms with E-state index in [4.69, 9.17) is 4.42 Å². The lowest BCUT2D eigenvalue weighted by Crippen LogP contribution is -2.27. The van der Waals surface area contributed by atoms with E-state index in [1.807, 2.05) is 19.1 Å². The third-order valence-electron chi connectivity index (χ3n) is 3.73. The van der Waals surface area contributed by atoms with Crippen molar-refractivity contribution in [2.75, 3.05) is 11.4 Å². The maximum atomic E-state index is 12.2. The second kappa shape index (κ2) is 6.05. The van der Waals surface area contributed by atoms with Crippen LogP contribution in [-0.4, -0.2) is 18.4 Å². The van der Waals surface area contributed by atoms with Crippen LogP contribution in [0.3, 0.4) is 0 Å². The minimum absolute atomic E-state index is 0.102. The largest absolute Gasteiger partial charge is 0.467 e. The number of hydrogen-bond acceptors (Lipinski definition) is 3. The van der Waals surface area contributed by atoms with Gasteiger partial charge in [0.2, 0.25) is 5.91 Å². The maximum Gasteiger partial charge on any atom is 0.251 e. The van der Waals surface area contributed by atoms with Crippen molar-refractivity contribution >= 4 is 17.5 Å². The van der Waals surface area contributed by atoms with Crippen LogP contribution in [0.1, 0.15) is 35.0 Å². The summed E-state index contributed by atoms with van der Waals surface area (Å²) < 4.78 is 5.18. The molecule has 0 atom stereocenters. The van der Waals surface area contributed by atoms with Gasteiger partial charge in [-0.3, -0.25) is 9.59 Å². The zero-order valence-electron chi connectivity index (χ0n) is 12.5. The summed E-state index contributed by atoms with van der Waals surface area (Å²) in [6.45, 7) is 3.11. The molecular weight excluding hydrogens is 280 g/mol. The van der Waals surface area contributed by atoms with Gasteiger partial charge in [-0.05, 0) is 42.3 Å². The fourth-order valence-corrected chi connectivity index (χ4v) is 2.68. The van der Waals surface area contributed by atoms with Gasteiger partial charge in [0.15, 0.2) is 0 Å². The van der Waals surface area contributed by atoms with E-state index in [-0.39, 0.29) is 11.8 Å². The number of benzene rings is 1. The first-order valence-electron chi connectivity index (χ1n) is 7.43. The van der Waals surface area contributed by atoms with E-state index in [9.17, 15) is 9.59 Å². The monoisotopic (exact) mass is 298 g/mol. The molecular formula is C17H18N2O3. The Morgan fingerprint density at radius 3 is 2.95 bits per heavy atom. The van der Waals surface area contributed by atoms with Crippen LogP contribution in [0.2, 0.25) is 0 Å². The lowest BCUT2D eigenvalue weighted by atomic mass is 10.1. The van der Waals surface area contributed by atoms with Gasteiger partial charge < -0.3 is 14.6 Å². The van der Waals surface area contributed by atoms with Gasteiger partial charge in [-0.2, -0.15) is 0 Å². The van der Waals surface area contributed by atoms with E-state index in [2.05, 4.69) is 5.32 Å². The Hall–Kier alpha value is -2.56. The molecule has 114 valence electrons. The lowest BCUT2D eigenvalue weighted by molar-refractivity contribution is -0.117. The smallest absolute Gasteiger partial charge is 0.251 e. The number of amides is 2. The highest BCUT2D eigenvalue weighted by Crippen LogP contribution is 2.29. The Morgan fingerprint density at radius 2 is 2.23 bits per heavy atom. The number of anilines is 1. The fourth-order valence-electron chi connectivity index (χ4n) is 2.68. The van der Waals surface area contributed by atoms with Gasteiger partial charge in [-0.25, -0.2) is 0 Å². The van der Waals surface area contributed by atoms with Gasteiger partial charge in [-0.1, -0.05) is 6.92 Å². The molecule has 5 nitrogen and oxygen atoms in total. The van der Waals surface area contributed by atoms with Crippen LogP contribution in [0.4, 0.5) is 5.69 Å². The minimum Gasteiger partial charge on any atom is -0.467 e. The van der Waals surface area contributed by atoms with E-state index in [1.165, 1.54) is 0 Å². The highest BCUT2D eigenvalue weighted by molar-refractivity contribution is 6.03. The van der Waals surface area contributed by atoms with Crippen LogP contribution in [0, 0.1) is 0 Å². The SMILES string of the molecule is CCCN1C(=O)Cc2cc(C(=O)NCc3ccco3)ccc21. The van der Waals surface area contributed by atoms with Crippen molar-refractivity contribution in [2.24, 2.45) is 0 Å². The molecule has 0 spiro atoms. The summed E-state index contributed by atoms with van der Waals surface area (Å²) in [4.78, 5) is 26.0. The standard InChI is InChI=1S/C17H18N2O3/c1-2-7-19-15-6-5-12(9-13(15)10-16(19)20)17(21)18-11-14-4-3-8-22-14/h3-6,8-9H,2,7,10-11H2,1H3,(H,18,21). The average molecular weight is 298 g/mol. The van der Waals surface area contributed by atoms with Gasteiger partial charge in [0, 0.05) is 17.8 Å². The van der Waals surface area contributed by atoms with Crippen LogP contribution in [0.15, 0.2) is 41.0 Å². The van der Waals surface area contributed by atoms with Crippen LogP contribution in [-0.2, 0) is 17.8 Å². The van der Waals surface area contributed by atoms with Gasteiger partial charge in [-0.15, -0.1) is 0 Å². The molecule has 1 aliphatic rings. The molecule has 1 aromatic carbocycles. The lowest BCUT2D eigenvalue weighted by Gasteiger charge is -2.16. The molecule has 0 saturated heterocycles. The van der Waals surface area contributed by atoms with E-state index in [1.54, 1.807) is 29.4 Å². The van der Waals surface area contributed by atoms with Crippen molar-refractivity contribution in [2.45, 2.75) is 26.3 Å². The molecule has 2 aromatic rings. The summed E-state index contributed by atoms with van der Waals surface area (Å²) in [6, 6.07) is 9.02. The van der Waals surface area contributed by atoms with Crippen LogP contribution in [0.5, 0.6) is 0 Å². The molecule has 22 heavy (non-hydrogen) atoms. The summed E-state index contributed by atoms with van der Waals surface area (Å²) in [5.41, 5.74) is 2.41. The number of carbonyl (C=O) groups is 2. The normalized spacial score (nSPS) is 13.3. The number of rotatable bonds is 5. The van der Waals surface area contributed by atoms with E-state index < -0.39 is 0 Å². The van der Waals surface area contributed by atoms with Crippen LogP contribution in [0.25, 0.3) is 0 Å². The van der Waals surface area contributed by atoms with Gasteiger partial charge in [0.1, 0.15) is 5.76 Å². The quantitative estimate of drug-likeness (QED) is 0.922. The van der Waals surface area contributed by atoms with Crippen molar-refractivity contribution in [1.29, 1.82) is 0 Å². The zero-order valence-corrected chi connectivity index (χ0v) is 12.5. The molecule has 3 rings (SSSR count). The van der Waals surface area contributed by atoms with Gasteiger partial charge >= 0.3 is 0 Å². The molecule has 1 aliphatic heterocycles. The molecule has 0 unspecified atom stereocenters. The number of nitrogens with zero attached hydrogens (tertiary/aromatic N) is 1. The van der Waals surface area contributed by atoms with E-state index in [0.29, 0.717) is 24.3 Å². The summed E-state index contributed by atoms with van der Waals surface area (Å²) in [7, 11) is 0. The van der Waals surface area contributed by atoms with Crippen molar-refractivity contribution in [3.63, 3.8) is 0 Å². The Labute approximate surface area is 128 Å².